The Balaban J connectivity index is 1.90. The Morgan fingerprint density at radius 2 is 1.83 bits per heavy atom. The molecule has 1 aliphatic heterocycles. The summed E-state index contributed by atoms with van der Waals surface area (Å²) in [7, 11) is 1.50. The van der Waals surface area contributed by atoms with Crippen molar-refractivity contribution in [3.63, 3.8) is 0 Å². The van der Waals surface area contributed by atoms with E-state index in [1.54, 1.807) is 29.2 Å². The number of halogens is 3. The van der Waals surface area contributed by atoms with E-state index in [9.17, 15) is 27.6 Å². The van der Waals surface area contributed by atoms with Gasteiger partial charge in [-0.3, -0.25) is 18.7 Å². The summed E-state index contributed by atoms with van der Waals surface area (Å²) < 4.78 is 53.7. The summed E-state index contributed by atoms with van der Waals surface area (Å²) in [6.45, 7) is -1.64. The molecule has 0 saturated carbocycles. The van der Waals surface area contributed by atoms with Gasteiger partial charge in [0.2, 0.25) is 6.41 Å². The molecule has 11 heteroatoms. The van der Waals surface area contributed by atoms with Crippen molar-refractivity contribution < 1.29 is 27.4 Å². The average Bonchev–Trinajstić information content (AvgIpc) is 2.90. The lowest BCUT2D eigenvalue weighted by Gasteiger charge is -2.31. The number of carbonyl (C=O) groups is 1. The number of hydrogen-bond acceptors (Lipinski definition) is 5. The highest BCUT2D eigenvalue weighted by atomic mass is 19.1. The zero-order valence-electron chi connectivity index (χ0n) is 19.7. The minimum absolute atomic E-state index is 0.0248. The van der Waals surface area contributed by atoms with E-state index in [0.717, 1.165) is 23.1 Å². The van der Waals surface area contributed by atoms with Gasteiger partial charge in [-0.25, -0.2) is 18.0 Å². The van der Waals surface area contributed by atoms with Crippen molar-refractivity contribution in [3.8, 4) is 11.5 Å². The number of benzene rings is 2. The normalized spacial score (nSPS) is 14.4. The lowest BCUT2D eigenvalue weighted by atomic mass is 10.0. The Morgan fingerprint density at radius 3 is 2.47 bits per heavy atom. The van der Waals surface area contributed by atoms with Gasteiger partial charge in [0.15, 0.2) is 17.7 Å². The second-order valence-electron chi connectivity index (χ2n) is 8.62. The van der Waals surface area contributed by atoms with Crippen molar-refractivity contribution in [3.05, 3.63) is 68.6 Å². The maximum absolute atomic E-state index is 14.9. The molecule has 1 fully saturated rings. The van der Waals surface area contributed by atoms with Crippen LogP contribution in [0.1, 0.15) is 24.4 Å². The van der Waals surface area contributed by atoms with Gasteiger partial charge in [0.25, 0.3) is 5.56 Å². The monoisotopic (exact) mass is 505 g/mol. The van der Waals surface area contributed by atoms with E-state index in [4.69, 9.17) is 9.47 Å². The SMILES string of the molecule is COc1cccc(Cn2c(=O)c3cc(OC(CF)CF)c(F)cc3n(C3CCN(C=O)CC3)c2=O)c1. The highest BCUT2D eigenvalue weighted by Gasteiger charge is 2.26. The van der Waals surface area contributed by atoms with Crippen LogP contribution < -0.4 is 20.7 Å². The van der Waals surface area contributed by atoms with Crippen LogP contribution in [0.15, 0.2) is 46.0 Å². The predicted octanol–water partition coefficient (Wildman–Crippen LogP) is 2.84. The summed E-state index contributed by atoms with van der Waals surface area (Å²) in [4.78, 5) is 39.8. The molecule has 192 valence electrons. The van der Waals surface area contributed by atoms with Crippen LogP contribution in [0.25, 0.3) is 10.9 Å². The molecule has 1 amide bonds. The molecular formula is C25H26F3N3O5. The number of ether oxygens (including phenoxy) is 2. The number of aromatic nitrogens is 2. The molecule has 1 saturated heterocycles. The fourth-order valence-corrected chi connectivity index (χ4v) is 4.45. The summed E-state index contributed by atoms with van der Waals surface area (Å²) in [5.74, 6) is -0.879. The van der Waals surface area contributed by atoms with Crippen molar-refractivity contribution in [2.24, 2.45) is 0 Å². The minimum atomic E-state index is -1.52. The summed E-state index contributed by atoms with van der Waals surface area (Å²) >= 11 is 0. The van der Waals surface area contributed by atoms with Crippen LogP contribution in [-0.4, -0.2) is 60.1 Å². The van der Waals surface area contributed by atoms with Gasteiger partial charge in [0, 0.05) is 25.2 Å². The largest absolute Gasteiger partial charge is 0.497 e. The number of nitrogens with zero attached hydrogens (tertiary/aromatic N) is 3. The molecule has 0 bridgehead atoms. The maximum Gasteiger partial charge on any atom is 0.332 e. The Bertz CT molecular complexity index is 1360. The summed E-state index contributed by atoms with van der Waals surface area (Å²) in [6, 6.07) is 8.55. The third-order valence-electron chi connectivity index (χ3n) is 6.35. The van der Waals surface area contributed by atoms with E-state index in [1.165, 1.54) is 11.7 Å². The topological polar surface area (TPSA) is 82.8 Å². The van der Waals surface area contributed by atoms with E-state index in [1.807, 2.05) is 0 Å². The first-order valence-corrected chi connectivity index (χ1v) is 11.5. The van der Waals surface area contributed by atoms with Crippen molar-refractivity contribution in [1.82, 2.24) is 14.0 Å². The molecule has 2 aromatic carbocycles. The van der Waals surface area contributed by atoms with Crippen LogP contribution in [0.2, 0.25) is 0 Å². The van der Waals surface area contributed by atoms with Crippen LogP contribution in [0.3, 0.4) is 0 Å². The van der Waals surface area contributed by atoms with E-state index in [2.05, 4.69) is 0 Å². The molecule has 8 nitrogen and oxygen atoms in total. The minimum Gasteiger partial charge on any atom is -0.497 e. The highest BCUT2D eigenvalue weighted by Crippen LogP contribution is 2.28. The molecule has 3 aromatic rings. The molecule has 36 heavy (non-hydrogen) atoms. The maximum atomic E-state index is 14.9. The first-order chi connectivity index (χ1) is 17.4. The van der Waals surface area contributed by atoms with Crippen LogP contribution in [0.4, 0.5) is 13.2 Å². The lowest BCUT2D eigenvalue weighted by Crippen LogP contribution is -2.44. The number of fused-ring (bicyclic) bond motifs is 1. The fourth-order valence-electron chi connectivity index (χ4n) is 4.45. The smallest absolute Gasteiger partial charge is 0.332 e. The number of piperidine rings is 1. The Labute approximate surface area is 204 Å². The summed E-state index contributed by atoms with van der Waals surface area (Å²) in [5.41, 5.74) is -0.637. The van der Waals surface area contributed by atoms with Crippen molar-refractivity contribution in [2.75, 3.05) is 33.5 Å². The number of rotatable bonds is 9. The molecular weight excluding hydrogens is 479 g/mol. The molecule has 1 aliphatic rings. The number of hydrogen-bond donors (Lipinski definition) is 0. The number of carbonyl (C=O) groups excluding carboxylic acids is 1. The molecule has 1 aromatic heterocycles. The highest BCUT2D eigenvalue weighted by molar-refractivity contribution is 5.80. The van der Waals surface area contributed by atoms with E-state index in [-0.39, 0.29) is 17.4 Å². The number of alkyl halides is 2. The van der Waals surface area contributed by atoms with E-state index < -0.39 is 48.3 Å². The third kappa shape index (κ3) is 4.95. The van der Waals surface area contributed by atoms with Crippen LogP contribution in [0.5, 0.6) is 11.5 Å². The second kappa shape index (κ2) is 10.9. The van der Waals surface area contributed by atoms with Crippen LogP contribution >= 0.6 is 0 Å². The number of amides is 1. The number of likely N-dealkylation sites (tertiary alicyclic amines) is 1. The Hall–Kier alpha value is -3.76. The van der Waals surface area contributed by atoms with Crippen molar-refractivity contribution >= 4 is 17.3 Å². The van der Waals surface area contributed by atoms with E-state index in [0.29, 0.717) is 37.2 Å². The Kier molecular flexibility index (Phi) is 7.66. The molecule has 0 atom stereocenters. The van der Waals surface area contributed by atoms with Gasteiger partial charge in [-0.2, -0.15) is 0 Å². The molecule has 0 unspecified atom stereocenters. The van der Waals surface area contributed by atoms with Gasteiger partial charge in [-0.1, -0.05) is 12.1 Å². The van der Waals surface area contributed by atoms with E-state index >= 15 is 0 Å². The van der Waals surface area contributed by atoms with Gasteiger partial charge in [0.05, 0.1) is 24.6 Å². The third-order valence-corrected chi connectivity index (χ3v) is 6.35. The molecule has 0 aliphatic carbocycles. The molecule has 0 N–H and O–H groups in total. The standard InChI is InChI=1S/C25H26F3N3O5/c1-35-18-4-2-3-16(9-18)14-30-24(33)20-10-23(36-19(12-26)13-27)21(28)11-22(20)31(25(30)34)17-5-7-29(15-32)8-6-17/h2-4,9-11,15,17,19H,5-8,12-14H2,1H3. The second-order valence-corrected chi connectivity index (χ2v) is 8.62. The number of methoxy groups -OCH3 is 1. The van der Waals surface area contributed by atoms with Gasteiger partial charge in [-0.15, -0.1) is 0 Å². The van der Waals surface area contributed by atoms with Gasteiger partial charge in [0.1, 0.15) is 19.1 Å². The van der Waals surface area contributed by atoms with Crippen molar-refractivity contribution in [2.45, 2.75) is 31.5 Å². The van der Waals surface area contributed by atoms with Gasteiger partial charge >= 0.3 is 5.69 Å². The first-order valence-electron chi connectivity index (χ1n) is 11.5. The Morgan fingerprint density at radius 1 is 1.11 bits per heavy atom. The zero-order valence-corrected chi connectivity index (χ0v) is 19.7. The summed E-state index contributed by atoms with van der Waals surface area (Å²) in [6.07, 6.45) is 0.0681. The molecule has 2 heterocycles. The predicted molar refractivity (Wildman–Crippen MR) is 127 cm³/mol. The fraction of sp³-hybridized carbons (Fsp3) is 0.400. The molecule has 0 radical (unpaired) electrons. The lowest BCUT2D eigenvalue weighted by molar-refractivity contribution is -0.119. The first kappa shape index (κ1) is 25.3. The average molecular weight is 505 g/mol. The summed E-state index contributed by atoms with van der Waals surface area (Å²) in [5, 5.41) is -0.0248. The quantitative estimate of drug-likeness (QED) is 0.418. The van der Waals surface area contributed by atoms with Crippen molar-refractivity contribution in [1.29, 1.82) is 0 Å². The molecule has 0 spiro atoms. The van der Waals surface area contributed by atoms with Gasteiger partial charge < -0.3 is 14.4 Å². The molecule has 4 rings (SSSR count). The van der Waals surface area contributed by atoms with Gasteiger partial charge in [-0.05, 0) is 36.6 Å². The zero-order chi connectivity index (χ0) is 25.8. The van der Waals surface area contributed by atoms with Crippen LogP contribution in [0, 0.1) is 5.82 Å². The van der Waals surface area contributed by atoms with Crippen LogP contribution in [-0.2, 0) is 11.3 Å².